The second-order valence-electron chi connectivity index (χ2n) is 5.49. The summed E-state index contributed by atoms with van der Waals surface area (Å²) in [5.74, 6) is -0.471. The van der Waals surface area contributed by atoms with Crippen molar-refractivity contribution in [2.24, 2.45) is 0 Å². The Morgan fingerprint density at radius 3 is 2.65 bits per heavy atom. The Morgan fingerprint density at radius 2 is 1.90 bits per heavy atom. The highest BCUT2D eigenvalue weighted by molar-refractivity contribution is 6.35. The monoisotopic (exact) mass is 319 g/mol. The zero-order chi connectivity index (χ0) is 14.7. The van der Waals surface area contributed by atoms with E-state index >= 15 is 0 Å². The first-order chi connectivity index (χ1) is 9.49. The van der Waals surface area contributed by atoms with E-state index in [9.17, 15) is 9.50 Å². The molecule has 2 nitrogen and oxygen atoms in total. The Labute approximate surface area is 129 Å². The van der Waals surface area contributed by atoms with Crippen molar-refractivity contribution in [3.8, 4) is 0 Å². The average Bonchev–Trinajstić information content (AvgIpc) is 2.59. The van der Waals surface area contributed by atoms with Gasteiger partial charge in [0.05, 0.1) is 11.1 Å². The first kappa shape index (κ1) is 16.0. The number of aliphatic hydroxyl groups excluding tert-OH is 1. The van der Waals surface area contributed by atoms with E-state index < -0.39 is 5.82 Å². The van der Waals surface area contributed by atoms with Crippen molar-refractivity contribution in [1.82, 2.24) is 5.32 Å². The maximum atomic E-state index is 13.6. The molecule has 112 valence electrons. The van der Waals surface area contributed by atoms with Crippen LogP contribution in [0.2, 0.25) is 10.0 Å². The fourth-order valence-corrected chi connectivity index (χ4v) is 3.31. The van der Waals surface area contributed by atoms with Crippen molar-refractivity contribution >= 4 is 23.2 Å². The molecule has 0 amide bonds. The van der Waals surface area contributed by atoms with Gasteiger partial charge in [-0.25, -0.2) is 4.39 Å². The topological polar surface area (TPSA) is 32.3 Å². The van der Waals surface area contributed by atoms with E-state index in [4.69, 9.17) is 23.2 Å². The van der Waals surface area contributed by atoms with Gasteiger partial charge in [-0.2, -0.15) is 0 Å². The highest BCUT2D eigenvalue weighted by Gasteiger charge is 2.24. The van der Waals surface area contributed by atoms with Gasteiger partial charge < -0.3 is 10.4 Å². The quantitative estimate of drug-likeness (QED) is 0.636. The van der Waals surface area contributed by atoms with Gasteiger partial charge in [0.2, 0.25) is 0 Å². The summed E-state index contributed by atoms with van der Waals surface area (Å²) in [5.41, 5.74) is 0.671. The second-order valence-corrected chi connectivity index (χ2v) is 6.30. The first-order valence-corrected chi connectivity index (χ1v) is 7.83. The van der Waals surface area contributed by atoms with E-state index in [1.54, 1.807) is 0 Å². The average molecular weight is 320 g/mol. The number of hydrogen-bond donors (Lipinski definition) is 2. The van der Waals surface area contributed by atoms with E-state index in [0.29, 0.717) is 10.6 Å². The van der Waals surface area contributed by atoms with Gasteiger partial charge in [0.15, 0.2) is 0 Å². The Bertz CT molecular complexity index is 469. The molecule has 0 saturated heterocycles. The van der Waals surface area contributed by atoms with Gasteiger partial charge in [-0.15, -0.1) is 0 Å². The SMILES string of the molecule is CC(NC1CCCCCC1O)c1cc(F)c(Cl)cc1Cl. The zero-order valence-corrected chi connectivity index (χ0v) is 13.0. The number of aliphatic hydroxyl groups is 1. The van der Waals surface area contributed by atoms with Crippen LogP contribution in [-0.4, -0.2) is 17.3 Å². The van der Waals surface area contributed by atoms with Crippen molar-refractivity contribution < 1.29 is 9.50 Å². The van der Waals surface area contributed by atoms with Crippen LogP contribution in [0.15, 0.2) is 12.1 Å². The van der Waals surface area contributed by atoms with E-state index in [-0.39, 0.29) is 23.2 Å². The maximum Gasteiger partial charge on any atom is 0.142 e. The third-order valence-electron chi connectivity index (χ3n) is 3.95. The van der Waals surface area contributed by atoms with Crippen molar-refractivity contribution in [2.45, 2.75) is 57.2 Å². The van der Waals surface area contributed by atoms with Gasteiger partial charge in [-0.05, 0) is 37.5 Å². The van der Waals surface area contributed by atoms with Gasteiger partial charge in [0, 0.05) is 17.1 Å². The second kappa shape index (κ2) is 7.08. The van der Waals surface area contributed by atoms with Crippen LogP contribution in [0.25, 0.3) is 0 Å². The Morgan fingerprint density at radius 1 is 1.20 bits per heavy atom. The van der Waals surface area contributed by atoms with Crippen molar-refractivity contribution in [3.05, 3.63) is 33.6 Å². The van der Waals surface area contributed by atoms with Crippen LogP contribution in [0.1, 0.15) is 50.6 Å². The number of benzene rings is 1. The summed E-state index contributed by atoms with van der Waals surface area (Å²) in [7, 11) is 0. The lowest BCUT2D eigenvalue weighted by Crippen LogP contribution is -2.40. The molecule has 0 radical (unpaired) electrons. The Kier molecular flexibility index (Phi) is 5.67. The summed E-state index contributed by atoms with van der Waals surface area (Å²) in [5, 5.41) is 14.0. The molecular weight excluding hydrogens is 300 g/mol. The third kappa shape index (κ3) is 3.85. The molecule has 0 bridgehead atoms. The summed E-state index contributed by atoms with van der Waals surface area (Å²) < 4.78 is 13.6. The zero-order valence-electron chi connectivity index (χ0n) is 11.5. The normalized spacial score (nSPS) is 25.2. The van der Waals surface area contributed by atoms with Gasteiger partial charge in [-0.3, -0.25) is 0 Å². The molecular formula is C15H20Cl2FNO. The minimum atomic E-state index is -0.471. The lowest BCUT2D eigenvalue weighted by Gasteiger charge is -2.26. The number of rotatable bonds is 3. The summed E-state index contributed by atoms with van der Waals surface area (Å²) in [6.45, 7) is 1.92. The molecule has 2 N–H and O–H groups in total. The smallest absolute Gasteiger partial charge is 0.142 e. The minimum Gasteiger partial charge on any atom is -0.392 e. The van der Waals surface area contributed by atoms with Crippen LogP contribution in [-0.2, 0) is 0 Å². The molecule has 5 heteroatoms. The molecule has 3 atom stereocenters. The number of hydrogen-bond acceptors (Lipinski definition) is 2. The molecule has 0 aromatic heterocycles. The van der Waals surface area contributed by atoms with Gasteiger partial charge in [0.1, 0.15) is 5.82 Å². The van der Waals surface area contributed by atoms with Gasteiger partial charge in [0.25, 0.3) is 0 Å². The molecule has 20 heavy (non-hydrogen) atoms. The number of halogens is 3. The van der Waals surface area contributed by atoms with Crippen LogP contribution in [0.5, 0.6) is 0 Å². The van der Waals surface area contributed by atoms with Crippen LogP contribution in [0.3, 0.4) is 0 Å². The van der Waals surface area contributed by atoms with E-state index in [2.05, 4.69) is 5.32 Å². The fourth-order valence-electron chi connectivity index (χ4n) is 2.76. The first-order valence-electron chi connectivity index (χ1n) is 7.07. The molecule has 3 unspecified atom stereocenters. The molecule has 1 aromatic rings. The molecule has 2 rings (SSSR count). The molecule has 1 aliphatic carbocycles. The van der Waals surface area contributed by atoms with Crippen molar-refractivity contribution in [1.29, 1.82) is 0 Å². The Balaban J connectivity index is 2.11. The predicted molar refractivity (Wildman–Crippen MR) is 80.9 cm³/mol. The highest BCUT2D eigenvalue weighted by atomic mass is 35.5. The molecule has 0 heterocycles. The minimum absolute atomic E-state index is 0.0282. The molecule has 0 spiro atoms. The predicted octanol–water partition coefficient (Wildman–Crippen LogP) is 4.48. The number of nitrogens with one attached hydrogen (secondary N) is 1. The van der Waals surface area contributed by atoms with E-state index in [0.717, 1.165) is 32.1 Å². The van der Waals surface area contributed by atoms with Crippen molar-refractivity contribution in [2.75, 3.05) is 0 Å². The van der Waals surface area contributed by atoms with Crippen molar-refractivity contribution in [3.63, 3.8) is 0 Å². The van der Waals surface area contributed by atoms with E-state index in [1.165, 1.54) is 12.1 Å². The molecule has 1 saturated carbocycles. The van der Waals surface area contributed by atoms with Crippen LogP contribution >= 0.6 is 23.2 Å². The molecule has 1 aliphatic rings. The van der Waals surface area contributed by atoms with Crippen LogP contribution in [0, 0.1) is 5.82 Å². The van der Waals surface area contributed by atoms with Crippen LogP contribution in [0.4, 0.5) is 4.39 Å². The molecule has 1 fully saturated rings. The van der Waals surface area contributed by atoms with Crippen LogP contribution < -0.4 is 5.32 Å². The van der Waals surface area contributed by atoms with Gasteiger partial charge in [-0.1, -0.05) is 42.5 Å². The molecule has 1 aromatic carbocycles. The highest BCUT2D eigenvalue weighted by Crippen LogP contribution is 2.30. The summed E-state index contributed by atoms with van der Waals surface area (Å²) >= 11 is 11.8. The Hall–Kier alpha value is -0.350. The summed E-state index contributed by atoms with van der Waals surface area (Å²) in [4.78, 5) is 0. The van der Waals surface area contributed by atoms with Gasteiger partial charge >= 0.3 is 0 Å². The third-order valence-corrected chi connectivity index (χ3v) is 4.57. The van der Waals surface area contributed by atoms with E-state index in [1.807, 2.05) is 6.92 Å². The maximum absolute atomic E-state index is 13.6. The standard InChI is InChI=1S/C15H20Cl2FNO/c1-9(10-7-13(18)12(17)8-11(10)16)19-14-5-3-2-4-6-15(14)20/h7-9,14-15,19-20H,2-6H2,1H3. The summed E-state index contributed by atoms with van der Waals surface area (Å²) in [6, 6.07) is 2.69. The molecule has 0 aliphatic heterocycles. The lowest BCUT2D eigenvalue weighted by atomic mass is 10.0. The summed E-state index contributed by atoms with van der Waals surface area (Å²) in [6.07, 6.45) is 4.70. The largest absolute Gasteiger partial charge is 0.392 e. The lowest BCUT2D eigenvalue weighted by molar-refractivity contribution is 0.115. The fraction of sp³-hybridized carbons (Fsp3) is 0.600.